The van der Waals surface area contributed by atoms with E-state index in [1.54, 1.807) is 13.2 Å². The summed E-state index contributed by atoms with van der Waals surface area (Å²) >= 11 is 0. The summed E-state index contributed by atoms with van der Waals surface area (Å²) in [5.74, 6) is 0.456. The fourth-order valence-electron chi connectivity index (χ4n) is 1.33. The highest BCUT2D eigenvalue weighted by Crippen LogP contribution is 2.17. The molecule has 0 amide bonds. The zero-order valence-electron chi connectivity index (χ0n) is 10.3. The number of anilines is 1. The molecule has 1 rings (SSSR count). The van der Waals surface area contributed by atoms with Crippen molar-refractivity contribution in [1.29, 1.82) is 0 Å². The highest BCUT2D eigenvalue weighted by Gasteiger charge is 2.08. The van der Waals surface area contributed by atoms with Gasteiger partial charge in [0, 0.05) is 12.8 Å². The molecular weight excluding hydrogens is 238 g/mol. The van der Waals surface area contributed by atoms with Gasteiger partial charge in [-0.1, -0.05) is 6.07 Å². The number of benzene rings is 1. The smallest absolute Gasteiger partial charge is 0.0700 e. The molecule has 1 aromatic carbocycles. The summed E-state index contributed by atoms with van der Waals surface area (Å²) in [6.45, 7) is 3.48. The Balaban J connectivity index is 2.44. The molecule has 0 saturated heterocycles. The van der Waals surface area contributed by atoms with E-state index in [4.69, 9.17) is 15.2 Å². The van der Waals surface area contributed by atoms with Crippen LogP contribution in [-0.4, -0.2) is 36.9 Å². The highest BCUT2D eigenvalue weighted by atomic mass is 32.2. The zero-order chi connectivity index (χ0) is 12.7. The van der Waals surface area contributed by atoms with Crippen molar-refractivity contribution in [1.82, 2.24) is 0 Å². The summed E-state index contributed by atoms with van der Waals surface area (Å²) in [6, 6.07) is 5.56. The molecule has 0 aliphatic heterocycles. The van der Waals surface area contributed by atoms with E-state index in [2.05, 4.69) is 0 Å². The van der Waals surface area contributed by atoms with E-state index in [9.17, 15) is 4.21 Å². The average molecular weight is 257 g/mol. The Morgan fingerprint density at radius 3 is 2.76 bits per heavy atom. The summed E-state index contributed by atoms with van der Waals surface area (Å²) in [6.07, 6.45) is 0. The van der Waals surface area contributed by atoms with Gasteiger partial charge in [0.15, 0.2) is 0 Å². The van der Waals surface area contributed by atoms with Gasteiger partial charge in [-0.15, -0.1) is 0 Å². The lowest BCUT2D eigenvalue weighted by molar-refractivity contribution is 0.0787. The van der Waals surface area contributed by atoms with Crippen molar-refractivity contribution < 1.29 is 13.7 Å². The highest BCUT2D eigenvalue weighted by molar-refractivity contribution is 7.85. The Labute approximate surface area is 105 Å². The van der Waals surface area contributed by atoms with Gasteiger partial charge >= 0.3 is 0 Å². The third-order valence-electron chi connectivity index (χ3n) is 2.26. The zero-order valence-corrected chi connectivity index (χ0v) is 11.1. The van der Waals surface area contributed by atoms with Crippen LogP contribution in [0.5, 0.6) is 0 Å². The topological polar surface area (TPSA) is 61.5 Å². The lowest BCUT2D eigenvalue weighted by atomic mass is 10.2. The lowest BCUT2D eigenvalue weighted by Gasteiger charge is -2.07. The molecule has 0 radical (unpaired) electrons. The van der Waals surface area contributed by atoms with Crippen molar-refractivity contribution in [2.45, 2.75) is 11.8 Å². The molecule has 2 N–H and O–H groups in total. The first kappa shape index (κ1) is 14.2. The van der Waals surface area contributed by atoms with Crippen molar-refractivity contribution in [3.63, 3.8) is 0 Å². The molecule has 4 nitrogen and oxygen atoms in total. The normalized spacial score (nSPS) is 12.6. The van der Waals surface area contributed by atoms with Crippen molar-refractivity contribution >= 4 is 16.5 Å². The van der Waals surface area contributed by atoms with Crippen LogP contribution in [-0.2, 0) is 20.3 Å². The second-order valence-corrected chi connectivity index (χ2v) is 5.24. The van der Waals surface area contributed by atoms with Crippen LogP contribution in [0.25, 0.3) is 0 Å². The summed E-state index contributed by atoms with van der Waals surface area (Å²) < 4.78 is 22.1. The summed E-state index contributed by atoms with van der Waals surface area (Å²) in [5.41, 5.74) is 7.42. The van der Waals surface area contributed by atoms with Crippen LogP contribution in [0.1, 0.15) is 5.56 Å². The van der Waals surface area contributed by atoms with E-state index in [0.717, 1.165) is 5.56 Å². The predicted octanol–water partition coefficient (Wildman–Crippen LogP) is 1.35. The second-order valence-electron chi connectivity index (χ2n) is 3.70. The van der Waals surface area contributed by atoms with Gasteiger partial charge in [-0.25, -0.2) is 0 Å². The second kappa shape index (κ2) is 7.42. The van der Waals surface area contributed by atoms with Gasteiger partial charge in [0.25, 0.3) is 0 Å². The third-order valence-corrected chi connectivity index (χ3v) is 3.64. The Kier molecular flexibility index (Phi) is 6.18. The number of hydrogen-bond donors (Lipinski definition) is 1. The van der Waals surface area contributed by atoms with Gasteiger partial charge in [-0.2, -0.15) is 0 Å². The van der Waals surface area contributed by atoms with Crippen molar-refractivity contribution in [3.8, 4) is 0 Å². The molecular formula is C12H19NO3S. The molecule has 0 spiro atoms. The van der Waals surface area contributed by atoms with Crippen molar-refractivity contribution in [2.24, 2.45) is 0 Å². The summed E-state index contributed by atoms with van der Waals surface area (Å²) in [5, 5.41) is 0. The molecule has 0 aromatic heterocycles. The molecule has 17 heavy (non-hydrogen) atoms. The maximum atomic E-state index is 12.0. The number of hydrogen-bond acceptors (Lipinski definition) is 4. The maximum absolute atomic E-state index is 12.0. The van der Waals surface area contributed by atoms with Crippen molar-refractivity contribution in [2.75, 3.05) is 38.4 Å². The van der Waals surface area contributed by atoms with E-state index in [1.807, 2.05) is 19.1 Å². The fourth-order valence-corrected chi connectivity index (χ4v) is 2.47. The van der Waals surface area contributed by atoms with Gasteiger partial charge in [0.05, 0.1) is 41.3 Å². The van der Waals surface area contributed by atoms with E-state index in [-0.39, 0.29) is 0 Å². The number of aryl methyl sites for hydroxylation is 1. The van der Waals surface area contributed by atoms with Gasteiger partial charge in [-0.3, -0.25) is 4.21 Å². The minimum atomic E-state index is -1.10. The lowest BCUT2D eigenvalue weighted by Crippen LogP contribution is -2.10. The molecule has 0 aliphatic carbocycles. The monoisotopic (exact) mass is 257 g/mol. The van der Waals surface area contributed by atoms with E-state index in [1.165, 1.54) is 0 Å². The molecule has 0 fully saturated rings. The molecule has 0 bridgehead atoms. The minimum Gasteiger partial charge on any atom is -0.398 e. The van der Waals surface area contributed by atoms with Crippen molar-refractivity contribution in [3.05, 3.63) is 23.8 Å². The number of ether oxygens (including phenoxy) is 2. The maximum Gasteiger partial charge on any atom is 0.0700 e. The SMILES string of the molecule is COCCOCCS(=O)c1cc(C)ccc1N. The Morgan fingerprint density at radius 1 is 1.29 bits per heavy atom. The van der Waals surface area contributed by atoms with Gasteiger partial charge < -0.3 is 15.2 Å². The molecule has 5 heteroatoms. The Bertz CT molecular complexity index is 382. The molecule has 0 saturated carbocycles. The van der Waals surface area contributed by atoms with Crippen LogP contribution >= 0.6 is 0 Å². The number of methoxy groups -OCH3 is 1. The first-order valence-corrected chi connectivity index (χ1v) is 6.78. The predicted molar refractivity (Wildman–Crippen MR) is 69.6 cm³/mol. The number of rotatable bonds is 7. The molecule has 1 aromatic rings. The Morgan fingerprint density at radius 2 is 2.06 bits per heavy atom. The summed E-state index contributed by atoms with van der Waals surface area (Å²) in [7, 11) is 0.519. The average Bonchev–Trinajstić information content (AvgIpc) is 2.32. The molecule has 0 heterocycles. The van der Waals surface area contributed by atoms with Crippen LogP contribution in [0.15, 0.2) is 23.1 Å². The Hall–Kier alpha value is -0.910. The summed E-state index contributed by atoms with van der Waals surface area (Å²) in [4.78, 5) is 0.695. The van der Waals surface area contributed by atoms with E-state index < -0.39 is 10.8 Å². The third kappa shape index (κ3) is 4.85. The first-order valence-electron chi connectivity index (χ1n) is 5.46. The molecule has 1 atom stereocenters. The van der Waals surface area contributed by atoms with E-state index in [0.29, 0.717) is 36.2 Å². The van der Waals surface area contributed by atoms with Gasteiger partial charge in [-0.05, 0) is 24.6 Å². The number of nitrogen functional groups attached to an aromatic ring is 1. The van der Waals surface area contributed by atoms with Crippen LogP contribution in [0, 0.1) is 6.92 Å². The fraction of sp³-hybridized carbons (Fsp3) is 0.500. The first-order chi connectivity index (χ1) is 8.15. The number of nitrogens with two attached hydrogens (primary N) is 1. The quantitative estimate of drug-likeness (QED) is 0.591. The van der Waals surface area contributed by atoms with Crippen LogP contribution in [0.4, 0.5) is 5.69 Å². The van der Waals surface area contributed by atoms with Crippen LogP contribution < -0.4 is 5.73 Å². The largest absolute Gasteiger partial charge is 0.398 e. The van der Waals surface area contributed by atoms with Gasteiger partial charge in [0.1, 0.15) is 0 Å². The minimum absolute atomic E-state index is 0.448. The standard InChI is InChI=1S/C12H19NO3S/c1-10-3-4-11(13)12(9-10)17(14)8-7-16-6-5-15-2/h3-4,9H,5-8,13H2,1-2H3. The van der Waals surface area contributed by atoms with Gasteiger partial charge in [0.2, 0.25) is 0 Å². The molecule has 96 valence electrons. The molecule has 1 unspecified atom stereocenters. The van der Waals surface area contributed by atoms with Crippen LogP contribution in [0.3, 0.4) is 0 Å². The van der Waals surface area contributed by atoms with Crippen LogP contribution in [0.2, 0.25) is 0 Å². The molecule has 0 aliphatic rings. The van der Waals surface area contributed by atoms with E-state index >= 15 is 0 Å².